The zero-order chi connectivity index (χ0) is 14.6. The van der Waals surface area contributed by atoms with Crippen LogP contribution in [-0.4, -0.2) is 41.8 Å². The quantitative estimate of drug-likeness (QED) is 0.896. The van der Waals surface area contributed by atoms with Crippen molar-refractivity contribution in [2.75, 3.05) is 19.7 Å². The average Bonchev–Trinajstić information content (AvgIpc) is 2.30. The fraction of sp³-hybridized carbons (Fsp3) is 0.364. The smallest absolute Gasteiger partial charge is 0.395 e. The SMILES string of the molecule is O=C(c1cccc(Br)c1Cl)N(CCO)CC(F)(F)F. The Hall–Kier alpha value is -0.790. The van der Waals surface area contributed by atoms with Gasteiger partial charge in [0.25, 0.3) is 5.91 Å². The van der Waals surface area contributed by atoms with Crippen LogP contribution in [0, 0.1) is 0 Å². The molecule has 19 heavy (non-hydrogen) atoms. The first kappa shape index (κ1) is 16.3. The summed E-state index contributed by atoms with van der Waals surface area (Å²) in [6.07, 6.45) is -4.54. The number of alkyl halides is 3. The maximum Gasteiger partial charge on any atom is 0.406 e. The van der Waals surface area contributed by atoms with Gasteiger partial charge in [0.2, 0.25) is 0 Å². The van der Waals surface area contributed by atoms with Crippen molar-refractivity contribution in [3.05, 3.63) is 33.3 Å². The van der Waals surface area contributed by atoms with Crippen LogP contribution in [0.1, 0.15) is 10.4 Å². The molecule has 1 N–H and O–H groups in total. The van der Waals surface area contributed by atoms with Crippen molar-refractivity contribution in [3.8, 4) is 0 Å². The van der Waals surface area contributed by atoms with Crippen LogP contribution in [0.15, 0.2) is 22.7 Å². The third-order valence-electron chi connectivity index (χ3n) is 2.21. The molecule has 0 saturated carbocycles. The summed E-state index contributed by atoms with van der Waals surface area (Å²) in [6.45, 7) is -2.41. The van der Waals surface area contributed by atoms with Gasteiger partial charge in [0, 0.05) is 11.0 Å². The summed E-state index contributed by atoms with van der Waals surface area (Å²) in [5, 5.41) is 8.79. The number of carbonyl (C=O) groups excluding carboxylic acids is 1. The summed E-state index contributed by atoms with van der Waals surface area (Å²) < 4.78 is 37.5. The number of hydrogen-bond donors (Lipinski definition) is 1. The van der Waals surface area contributed by atoms with E-state index < -0.39 is 31.8 Å². The van der Waals surface area contributed by atoms with Gasteiger partial charge in [0.1, 0.15) is 6.54 Å². The van der Waals surface area contributed by atoms with E-state index in [1.54, 1.807) is 6.07 Å². The van der Waals surface area contributed by atoms with E-state index in [-0.39, 0.29) is 10.6 Å². The van der Waals surface area contributed by atoms with E-state index in [1.165, 1.54) is 12.1 Å². The molecule has 0 saturated heterocycles. The highest BCUT2D eigenvalue weighted by atomic mass is 79.9. The molecule has 1 aromatic carbocycles. The molecule has 0 aliphatic heterocycles. The lowest BCUT2D eigenvalue weighted by Crippen LogP contribution is -2.40. The summed E-state index contributed by atoms with van der Waals surface area (Å²) in [5.74, 6) is -0.877. The van der Waals surface area contributed by atoms with Gasteiger partial charge in [-0.05, 0) is 28.1 Å². The van der Waals surface area contributed by atoms with Gasteiger partial charge in [0.05, 0.1) is 17.2 Å². The molecule has 0 spiro atoms. The van der Waals surface area contributed by atoms with Crippen molar-refractivity contribution in [3.63, 3.8) is 0 Å². The fourth-order valence-electron chi connectivity index (χ4n) is 1.43. The number of amides is 1. The summed E-state index contributed by atoms with van der Waals surface area (Å²) >= 11 is 8.96. The highest BCUT2D eigenvalue weighted by molar-refractivity contribution is 9.10. The van der Waals surface area contributed by atoms with E-state index in [4.69, 9.17) is 16.7 Å². The Bertz CT molecular complexity index is 468. The molecule has 0 radical (unpaired) electrons. The third kappa shape index (κ3) is 4.67. The maximum atomic E-state index is 12.4. The van der Waals surface area contributed by atoms with Crippen LogP contribution in [0.2, 0.25) is 5.02 Å². The molecule has 0 bridgehead atoms. The van der Waals surface area contributed by atoms with Crippen molar-refractivity contribution in [2.45, 2.75) is 6.18 Å². The Labute approximate surface area is 121 Å². The number of nitrogens with zero attached hydrogens (tertiary/aromatic N) is 1. The molecule has 1 amide bonds. The minimum Gasteiger partial charge on any atom is -0.395 e. The molecule has 0 aliphatic rings. The van der Waals surface area contributed by atoms with Gasteiger partial charge in [-0.1, -0.05) is 17.7 Å². The van der Waals surface area contributed by atoms with Gasteiger partial charge in [0.15, 0.2) is 0 Å². The Morgan fingerprint density at radius 2 is 2.05 bits per heavy atom. The van der Waals surface area contributed by atoms with Gasteiger partial charge < -0.3 is 10.0 Å². The third-order valence-corrected chi connectivity index (χ3v) is 3.51. The van der Waals surface area contributed by atoms with Gasteiger partial charge in [-0.3, -0.25) is 4.79 Å². The second-order valence-corrected chi connectivity index (χ2v) is 4.90. The zero-order valence-electron chi connectivity index (χ0n) is 9.55. The molecular weight excluding hydrogens is 350 g/mol. The van der Waals surface area contributed by atoms with E-state index in [0.717, 1.165) is 0 Å². The molecule has 0 fully saturated rings. The Balaban J connectivity index is 3.02. The van der Waals surface area contributed by atoms with Crippen molar-refractivity contribution in [2.24, 2.45) is 0 Å². The lowest BCUT2D eigenvalue weighted by Gasteiger charge is -2.23. The van der Waals surface area contributed by atoms with E-state index in [0.29, 0.717) is 9.37 Å². The normalized spacial score (nSPS) is 11.5. The van der Waals surface area contributed by atoms with E-state index >= 15 is 0 Å². The van der Waals surface area contributed by atoms with Crippen LogP contribution in [-0.2, 0) is 0 Å². The van der Waals surface area contributed by atoms with Gasteiger partial charge in [-0.15, -0.1) is 0 Å². The van der Waals surface area contributed by atoms with Crippen LogP contribution >= 0.6 is 27.5 Å². The number of aliphatic hydroxyl groups excluding tert-OH is 1. The zero-order valence-corrected chi connectivity index (χ0v) is 11.9. The molecule has 0 aromatic heterocycles. The highest BCUT2D eigenvalue weighted by Crippen LogP contribution is 2.27. The molecule has 8 heteroatoms. The van der Waals surface area contributed by atoms with Crippen LogP contribution in [0.4, 0.5) is 13.2 Å². The summed E-state index contributed by atoms with van der Waals surface area (Å²) in [5.41, 5.74) is -0.0475. The summed E-state index contributed by atoms with van der Waals surface area (Å²) in [7, 11) is 0. The minimum atomic E-state index is -4.54. The monoisotopic (exact) mass is 359 g/mol. The molecule has 3 nitrogen and oxygen atoms in total. The fourth-order valence-corrected chi connectivity index (χ4v) is 2.00. The van der Waals surface area contributed by atoms with Crippen LogP contribution < -0.4 is 0 Å². The molecule has 0 unspecified atom stereocenters. The average molecular weight is 361 g/mol. The Kier molecular flexibility index (Phi) is 5.64. The van der Waals surface area contributed by atoms with Gasteiger partial charge in [-0.2, -0.15) is 13.2 Å². The lowest BCUT2D eigenvalue weighted by molar-refractivity contribution is -0.141. The van der Waals surface area contributed by atoms with E-state index in [9.17, 15) is 18.0 Å². The Morgan fingerprint density at radius 1 is 1.42 bits per heavy atom. The first-order valence-electron chi connectivity index (χ1n) is 5.17. The van der Waals surface area contributed by atoms with Crippen molar-refractivity contribution < 1.29 is 23.1 Å². The molecule has 106 valence electrons. The lowest BCUT2D eigenvalue weighted by atomic mass is 10.2. The van der Waals surface area contributed by atoms with Crippen LogP contribution in [0.3, 0.4) is 0 Å². The summed E-state index contributed by atoms with van der Waals surface area (Å²) in [6, 6.07) is 4.39. The molecule has 0 atom stereocenters. The van der Waals surface area contributed by atoms with Crippen molar-refractivity contribution in [1.29, 1.82) is 0 Å². The molecule has 0 heterocycles. The number of halogens is 5. The van der Waals surface area contributed by atoms with Crippen LogP contribution in [0.25, 0.3) is 0 Å². The highest BCUT2D eigenvalue weighted by Gasteiger charge is 2.33. The summed E-state index contributed by atoms with van der Waals surface area (Å²) in [4.78, 5) is 12.5. The predicted octanol–water partition coefficient (Wildman–Crippen LogP) is 3.10. The first-order chi connectivity index (χ1) is 8.76. The maximum absolute atomic E-state index is 12.4. The first-order valence-corrected chi connectivity index (χ1v) is 6.34. The molecule has 0 aliphatic carbocycles. The number of rotatable bonds is 4. The number of hydrogen-bond acceptors (Lipinski definition) is 2. The molecular formula is C11H10BrClF3NO2. The van der Waals surface area contributed by atoms with Gasteiger partial charge >= 0.3 is 6.18 Å². The minimum absolute atomic E-state index is 0.0395. The topological polar surface area (TPSA) is 40.5 Å². The number of benzene rings is 1. The van der Waals surface area contributed by atoms with Crippen LogP contribution in [0.5, 0.6) is 0 Å². The molecule has 1 aromatic rings. The second-order valence-electron chi connectivity index (χ2n) is 3.67. The van der Waals surface area contributed by atoms with E-state index in [2.05, 4.69) is 15.9 Å². The van der Waals surface area contributed by atoms with Crippen molar-refractivity contribution >= 4 is 33.4 Å². The number of carbonyl (C=O) groups is 1. The molecule has 1 rings (SSSR count). The predicted molar refractivity (Wildman–Crippen MR) is 68.2 cm³/mol. The second kappa shape index (κ2) is 6.58. The number of aliphatic hydroxyl groups is 1. The largest absolute Gasteiger partial charge is 0.406 e. The van der Waals surface area contributed by atoms with E-state index in [1.807, 2.05) is 0 Å². The standard InChI is InChI=1S/C11H10BrClF3NO2/c12-8-3-1-2-7(9(8)13)10(19)17(4-5-18)6-11(14,15)16/h1-3,18H,4-6H2. The Morgan fingerprint density at radius 3 is 2.58 bits per heavy atom. The van der Waals surface area contributed by atoms with Crippen molar-refractivity contribution in [1.82, 2.24) is 4.90 Å². The van der Waals surface area contributed by atoms with Gasteiger partial charge in [-0.25, -0.2) is 0 Å².